The number of hydrogen-bond acceptors (Lipinski definition) is 7. The summed E-state index contributed by atoms with van der Waals surface area (Å²) in [6, 6.07) is 0. The summed E-state index contributed by atoms with van der Waals surface area (Å²) in [6.07, 6.45) is 6.22. The summed E-state index contributed by atoms with van der Waals surface area (Å²) in [4.78, 5) is 12.0. The maximum absolute atomic E-state index is 12.0. The molecule has 0 aromatic carbocycles. The topological polar surface area (TPSA) is 91.3 Å². The highest BCUT2D eigenvalue weighted by Gasteiger charge is 2.29. The Bertz CT molecular complexity index is 642. The minimum atomic E-state index is -3.39. The zero-order valence-electron chi connectivity index (χ0n) is 20.0. The number of aliphatic hydroxyl groups is 1. The average molecular weight is 461 g/mol. The third-order valence-electron chi connectivity index (χ3n) is 5.60. The smallest absolute Gasteiger partial charge is 0.337 e. The van der Waals surface area contributed by atoms with E-state index in [0.717, 1.165) is 31.3 Å². The molecule has 0 saturated carbocycles. The van der Waals surface area contributed by atoms with Crippen molar-refractivity contribution in [1.29, 1.82) is 0 Å². The molecule has 0 aromatic heterocycles. The van der Waals surface area contributed by atoms with Gasteiger partial charge < -0.3 is 23.6 Å². The van der Waals surface area contributed by atoms with Crippen LogP contribution in [0.4, 0.5) is 0 Å². The normalized spacial score (nSPS) is 18.6. The van der Waals surface area contributed by atoms with E-state index >= 15 is 0 Å². The van der Waals surface area contributed by atoms with E-state index in [4.69, 9.17) is 18.5 Å². The van der Waals surface area contributed by atoms with Crippen LogP contribution in [0.1, 0.15) is 59.8 Å². The number of ether oxygens (including phenoxy) is 2. The summed E-state index contributed by atoms with van der Waals surface area (Å²) in [5.41, 5.74) is 2.35. The summed E-state index contributed by atoms with van der Waals surface area (Å²) >= 11 is 0. The molecule has 2 atom stereocenters. The molecule has 1 N–H and O–H groups in total. The molecule has 0 aliphatic carbocycles. The minimum Gasteiger partial charge on any atom is -0.389 e. The van der Waals surface area contributed by atoms with Crippen LogP contribution >= 0.6 is 7.60 Å². The summed E-state index contributed by atoms with van der Waals surface area (Å²) in [7, 11) is -0.903. The van der Waals surface area contributed by atoms with Gasteiger partial charge in [0.25, 0.3) is 0 Å². The molecule has 0 aromatic rings. The van der Waals surface area contributed by atoms with Crippen molar-refractivity contribution in [3.63, 3.8) is 0 Å². The molecule has 8 heteroatoms. The van der Waals surface area contributed by atoms with Crippen molar-refractivity contribution in [3.05, 3.63) is 23.3 Å². The highest BCUT2D eigenvalue weighted by molar-refractivity contribution is 7.54. The van der Waals surface area contributed by atoms with Crippen LogP contribution in [0.2, 0.25) is 0 Å². The Morgan fingerprint density at radius 2 is 1.74 bits per heavy atom. The first-order chi connectivity index (χ1) is 14.6. The number of Topliss-reactive ketones (excluding diaryl/α,β-unsaturated/α-hetero) is 1. The van der Waals surface area contributed by atoms with Gasteiger partial charge >= 0.3 is 7.60 Å². The molecule has 31 heavy (non-hydrogen) atoms. The zero-order chi connectivity index (χ0) is 23.4. The summed E-state index contributed by atoms with van der Waals surface area (Å²) in [6.45, 7) is 9.87. The Morgan fingerprint density at radius 1 is 1.13 bits per heavy atom. The molecule has 1 saturated heterocycles. The lowest BCUT2D eigenvalue weighted by Gasteiger charge is -2.25. The van der Waals surface area contributed by atoms with E-state index in [9.17, 15) is 14.5 Å². The molecule has 1 aliphatic rings. The van der Waals surface area contributed by atoms with E-state index in [0.29, 0.717) is 25.0 Å². The van der Waals surface area contributed by atoms with Crippen LogP contribution in [0, 0.1) is 11.8 Å². The standard InChI is InChI=1S/C23H41O7P/c1-17(2)22(23-29-12-13-30-23)11-10-18(3)8-7-9-19(4)14-20(24)15-21(25)16-31(26,27-5)28-6/h8,14,17,20,22-24H,7,9-13,15-16H2,1-6H3/b18-8+,19-14+/t20-,22-/m0/s1. The van der Waals surface area contributed by atoms with Gasteiger partial charge in [-0.25, -0.2) is 0 Å². The summed E-state index contributed by atoms with van der Waals surface area (Å²) in [5, 5.41) is 10.1. The number of allylic oxidation sites excluding steroid dienone is 3. The largest absolute Gasteiger partial charge is 0.389 e. The molecule has 7 nitrogen and oxygen atoms in total. The van der Waals surface area contributed by atoms with Crippen LogP contribution in [0.5, 0.6) is 0 Å². The van der Waals surface area contributed by atoms with Crippen molar-refractivity contribution in [2.75, 3.05) is 33.6 Å². The van der Waals surface area contributed by atoms with Crippen molar-refractivity contribution in [2.45, 2.75) is 72.2 Å². The lowest BCUT2D eigenvalue weighted by Crippen LogP contribution is -2.26. The highest BCUT2D eigenvalue weighted by atomic mass is 31.2. The van der Waals surface area contributed by atoms with Gasteiger partial charge in [-0.05, 0) is 45.4 Å². The van der Waals surface area contributed by atoms with E-state index in [1.165, 1.54) is 19.8 Å². The van der Waals surface area contributed by atoms with Crippen molar-refractivity contribution in [3.8, 4) is 0 Å². The van der Waals surface area contributed by atoms with Gasteiger partial charge in [-0.1, -0.05) is 37.1 Å². The highest BCUT2D eigenvalue weighted by Crippen LogP contribution is 2.46. The van der Waals surface area contributed by atoms with Crippen LogP contribution < -0.4 is 0 Å². The number of ketones is 1. The first kappa shape index (κ1) is 28.2. The Kier molecular flexibility index (Phi) is 13.1. The Labute approximate surface area is 187 Å². The fraction of sp³-hybridized carbons (Fsp3) is 0.783. The van der Waals surface area contributed by atoms with Crippen molar-refractivity contribution >= 4 is 13.4 Å². The van der Waals surface area contributed by atoms with Gasteiger partial charge in [0.2, 0.25) is 0 Å². The third-order valence-corrected chi connectivity index (χ3v) is 7.45. The quantitative estimate of drug-likeness (QED) is 0.275. The molecule has 1 heterocycles. The van der Waals surface area contributed by atoms with E-state index in [2.05, 4.69) is 26.8 Å². The second-order valence-corrected chi connectivity index (χ2v) is 10.9. The fourth-order valence-corrected chi connectivity index (χ4v) is 4.61. The summed E-state index contributed by atoms with van der Waals surface area (Å²) in [5.74, 6) is 0.549. The van der Waals surface area contributed by atoms with Crippen molar-refractivity contribution < 1.29 is 33.0 Å². The third kappa shape index (κ3) is 11.0. The first-order valence-corrected chi connectivity index (χ1v) is 12.8. The van der Waals surface area contributed by atoms with E-state index in [1.54, 1.807) is 6.08 Å². The van der Waals surface area contributed by atoms with Gasteiger partial charge in [-0.3, -0.25) is 9.36 Å². The fourth-order valence-electron chi connectivity index (χ4n) is 3.64. The number of rotatable bonds is 15. The van der Waals surface area contributed by atoms with Crippen LogP contribution in [0.15, 0.2) is 23.3 Å². The van der Waals surface area contributed by atoms with Gasteiger partial charge in [-0.2, -0.15) is 0 Å². The average Bonchev–Trinajstić information content (AvgIpc) is 3.21. The Hall–Kier alpha value is -0.820. The molecular formula is C23H41O7P. The molecule has 0 amide bonds. The molecule has 0 radical (unpaired) electrons. The predicted octanol–water partition coefficient (Wildman–Crippen LogP) is 4.89. The number of hydrogen-bond donors (Lipinski definition) is 1. The second kappa shape index (κ2) is 14.4. The minimum absolute atomic E-state index is 0.0798. The second-order valence-electron chi connectivity index (χ2n) is 8.60. The van der Waals surface area contributed by atoms with Crippen molar-refractivity contribution in [2.24, 2.45) is 11.8 Å². The molecule has 1 rings (SSSR count). The van der Waals surface area contributed by atoms with Crippen molar-refractivity contribution in [1.82, 2.24) is 0 Å². The van der Waals surface area contributed by atoms with Crippen LogP contribution in [-0.2, 0) is 27.9 Å². The molecule has 0 spiro atoms. The van der Waals surface area contributed by atoms with Gasteiger partial charge in [0, 0.05) is 26.6 Å². The van der Waals surface area contributed by atoms with Gasteiger partial charge in [-0.15, -0.1) is 0 Å². The number of carbonyl (C=O) groups is 1. The van der Waals surface area contributed by atoms with Crippen LogP contribution in [-0.4, -0.2) is 56.9 Å². The molecular weight excluding hydrogens is 419 g/mol. The van der Waals surface area contributed by atoms with E-state index in [-0.39, 0.29) is 24.7 Å². The lowest BCUT2D eigenvalue weighted by molar-refractivity contribution is -0.118. The maximum atomic E-state index is 12.0. The predicted molar refractivity (Wildman–Crippen MR) is 122 cm³/mol. The van der Waals surface area contributed by atoms with Gasteiger partial charge in [0.05, 0.1) is 19.3 Å². The Balaban J connectivity index is 2.41. The monoisotopic (exact) mass is 460 g/mol. The van der Waals surface area contributed by atoms with Gasteiger partial charge in [0.1, 0.15) is 11.9 Å². The summed E-state index contributed by atoms with van der Waals surface area (Å²) < 4.78 is 32.9. The molecule has 0 unspecified atom stereocenters. The molecule has 1 fully saturated rings. The Morgan fingerprint density at radius 3 is 2.29 bits per heavy atom. The number of carbonyl (C=O) groups excluding carboxylic acids is 1. The van der Waals surface area contributed by atoms with E-state index < -0.39 is 13.7 Å². The molecule has 180 valence electrons. The maximum Gasteiger partial charge on any atom is 0.337 e. The lowest BCUT2D eigenvalue weighted by atomic mass is 9.89. The van der Waals surface area contributed by atoms with E-state index in [1.807, 2.05) is 6.92 Å². The molecule has 1 aliphatic heterocycles. The number of aliphatic hydroxyl groups excluding tert-OH is 1. The SMILES string of the molecule is COP(=O)(CC(=O)C[C@@H](O)/C=C(\C)CC/C=C(\C)CC[C@@H](C(C)C)C1OCCO1)OC. The van der Waals surface area contributed by atoms with Crippen LogP contribution in [0.3, 0.4) is 0 Å². The van der Waals surface area contributed by atoms with Crippen LogP contribution in [0.25, 0.3) is 0 Å². The zero-order valence-corrected chi connectivity index (χ0v) is 20.9. The first-order valence-electron chi connectivity index (χ1n) is 11.1. The van der Waals surface area contributed by atoms with Gasteiger partial charge in [0.15, 0.2) is 6.29 Å². The molecule has 0 bridgehead atoms.